The Labute approximate surface area is 199 Å². The summed E-state index contributed by atoms with van der Waals surface area (Å²) in [6, 6.07) is 14.1. The quantitative estimate of drug-likeness (QED) is 0.553. The first-order valence-corrected chi connectivity index (χ1v) is 12.5. The molecule has 4 rings (SSSR count). The maximum absolute atomic E-state index is 13.1. The summed E-state index contributed by atoms with van der Waals surface area (Å²) in [5.41, 5.74) is 3.11. The van der Waals surface area contributed by atoms with Crippen LogP contribution in [0.3, 0.4) is 0 Å². The van der Waals surface area contributed by atoms with Crippen molar-refractivity contribution in [3.05, 3.63) is 77.0 Å². The minimum Gasteiger partial charge on any atom is -0.478 e. The van der Waals surface area contributed by atoms with Crippen LogP contribution in [0.5, 0.6) is 0 Å². The van der Waals surface area contributed by atoms with Crippen LogP contribution in [-0.4, -0.2) is 50.7 Å². The fourth-order valence-electron chi connectivity index (χ4n) is 4.56. The van der Waals surface area contributed by atoms with E-state index in [1.807, 2.05) is 42.2 Å². The van der Waals surface area contributed by atoms with Crippen molar-refractivity contribution in [2.75, 3.05) is 40.7 Å². The molecule has 1 aromatic heterocycles. The molecule has 0 saturated carbocycles. The number of carboxylic acids is 1. The van der Waals surface area contributed by atoms with Gasteiger partial charge in [0, 0.05) is 38.1 Å². The van der Waals surface area contributed by atoms with Gasteiger partial charge in [0.25, 0.3) is 10.0 Å². The fraction of sp³-hybridized carbons (Fsp3) is 0.280. The van der Waals surface area contributed by atoms with E-state index in [4.69, 9.17) is 0 Å². The van der Waals surface area contributed by atoms with Crippen LogP contribution in [-0.2, 0) is 10.0 Å². The molecule has 178 valence electrons. The van der Waals surface area contributed by atoms with E-state index in [0.29, 0.717) is 43.0 Å². The molecule has 34 heavy (non-hydrogen) atoms. The Morgan fingerprint density at radius 2 is 1.59 bits per heavy atom. The molecule has 0 aliphatic carbocycles. The summed E-state index contributed by atoms with van der Waals surface area (Å²) in [6.07, 6.45) is 1.75. The number of carbonyl (C=O) groups is 1. The first-order valence-electron chi connectivity index (χ1n) is 11.0. The van der Waals surface area contributed by atoms with Crippen molar-refractivity contribution >= 4 is 33.2 Å². The van der Waals surface area contributed by atoms with Gasteiger partial charge in [0.15, 0.2) is 0 Å². The van der Waals surface area contributed by atoms with E-state index in [1.54, 1.807) is 32.2 Å². The lowest BCUT2D eigenvalue weighted by atomic mass is 10.1. The molecule has 9 heteroatoms. The fourth-order valence-corrected chi connectivity index (χ4v) is 6.07. The maximum Gasteiger partial charge on any atom is 0.337 e. The number of hydrogen-bond donors (Lipinski definition) is 2. The van der Waals surface area contributed by atoms with E-state index in [2.05, 4.69) is 14.6 Å². The monoisotopic (exact) mass is 480 g/mol. The Hall–Kier alpha value is -3.59. The van der Waals surface area contributed by atoms with Crippen molar-refractivity contribution in [2.45, 2.75) is 25.7 Å². The number of aromatic nitrogens is 1. The van der Waals surface area contributed by atoms with Crippen LogP contribution < -0.4 is 14.5 Å². The largest absolute Gasteiger partial charge is 0.478 e. The summed E-state index contributed by atoms with van der Waals surface area (Å²) in [5, 5.41) is 9.86. The van der Waals surface area contributed by atoms with Crippen molar-refractivity contribution in [1.29, 1.82) is 0 Å². The van der Waals surface area contributed by atoms with Crippen molar-refractivity contribution in [3.63, 3.8) is 0 Å². The number of piperazine rings is 1. The van der Waals surface area contributed by atoms with Gasteiger partial charge in [0.05, 0.1) is 16.1 Å². The lowest BCUT2D eigenvalue weighted by Gasteiger charge is -2.37. The van der Waals surface area contributed by atoms with E-state index in [9.17, 15) is 18.3 Å². The van der Waals surface area contributed by atoms with Crippen LogP contribution >= 0.6 is 0 Å². The van der Waals surface area contributed by atoms with E-state index < -0.39 is 16.0 Å². The molecule has 2 N–H and O–H groups in total. The molecular weight excluding hydrogens is 452 g/mol. The second kappa shape index (κ2) is 9.34. The molecule has 0 bridgehead atoms. The Morgan fingerprint density at radius 1 is 0.941 bits per heavy atom. The van der Waals surface area contributed by atoms with Gasteiger partial charge in [0.2, 0.25) is 0 Å². The summed E-state index contributed by atoms with van der Waals surface area (Å²) >= 11 is 0. The Morgan fingerprint density at radius 3 is 2.18 bits per heavy atom. The van der Waals surface area contributed by atoms with Gasteiger partial charge in [-0.15, -0.1) is 0 Å². The van der Waals surface area contributed by atoms with Gasteiger partial charge in [-0.05, 0) is 62.2 Å². The van der Waals surface area contributed by atoms with Crippen LogP contribution in [0.4, 0.5) is 17.2 Å². The summed E-state index contributed by atoms with van der Waals surface area (Å²) in [7, 11) is -3.88. The predicted octanol–water partition coefficient (Wildman–Crippen LogP) is 3.83. The summed E-state index contributed by atoms with van der Waals surface area (Å²) < 4.78 is 28.8. The second-order valence-corrected chi connectivity index (χ2v) is 10.2. The number of carboxylic acid groups (broad SMARTS) is 1. The molecule has 2 aromatic carbocycles. The Bertz CT molecular complexity index is 1290. The molecule has 0 amide bonds. The molecule has 1 aliphatic heterocycles. The van der Waals surface area contributed by atoms with Crippen LogP contribution in [0, 0.1) is 20.8 Å². The van der Waals surface area contributed by atoms with E-state index in [-0.39, 0.29) is 16.1 Å². The van der Waals surface area contributed by atoms with Gasteiger partial charge in [-0.2, -0.15) is 0 Å². The van der Waals surface area contributed by atoms with Crippen LogP contribution in [0.15, 0.2) is 59.6 Å². The summed E-state index contributed by atoms with van der Waals surface area (Å²) in [4.78, 5) is 20.8. The number of pyridine rings is 1. The molecule has 0 unspecified atom stereocenters. The number of aromatic carboxylic acids is 1. The minimum atomic E-state index is -3.88. The van der Waals surface area contributed by atoms with Gasteiger partial charge in [-0.3, -0.25) is 4.72 Å². The van der Waals surface area contributed by atoms with Crippen molar-refractivity contribution in [2.24, 2.45) is 0 Å². The number of aryl methyl sites for hydroxylation is 3. The highest BCUT2D eigenvalue weighted by atomic mass is 32.2. The number of benzene rings is 2. The molecule has 1 fully saturated rings. The van der Waals surface area contributed by atoms with Gasteiger partial charge < -0.3 is 14.9 Å². The topological polar surface area (TPSA) is 103 Å². The third-order valence-corrected chi connectivity index (χ3v) is 7.63. The highest BCUT2D eigenvalue weighted by Crippen LogP contribution is 2.29. The zero-order valence-electron chi connectivity index (χ0n) is 19.4. The second-order valence-electron chi connectivity index (χ2n) is 8.53. The standard InChI is InChI=1S/C25H28N4O4S/c1-17-14-18(2)24(19(3)15-17)34(32,33)27-20-7-8-22(21(16-20)25(30)31)28-10-12-29(13-11-28)23-6-4-5-9-26-23/h4-9,14-16,27H,10-13H2,1-3H3,(H,30,31). The van der Waals surface area contributed by atoms with Crippen LogP contribution in [0.1, 0.15) is 27.0 Å². The lowest BCUT2D eigenvalue weighted by molar-refractivity contribution is 0.0697. The van der Waals surface area contributed by atoms with Crippen LogP contribution in [0.25, 0.3) is 0 Å². The normalized spacial score (nSPS) is 14.2. The molecule has 1 aliphatic rings. The van der Waals surface area contributed by atoms with Gasteiger partial charge in [-0.25, -0.2) is 18.2 Å². The molecule has 0 radical (unpaired) electrons. The Balaban J connectivity index is 1.56. The first-order chi connectivity index (χ1) is 16.2. The molecule has 8 nitrogen and oxygen atoms in total. The van der Waals surface area contributed by atoms with Gasteiger partial charge in [-0.1, -0.05) is 23.8 Å². The third kappa shape index (κ3) is 4.84. The van der Waals surface area contributed by atoms with Crippen molar-refractivity contribution < 1.29 is 18.3 Å². The summed E-state index contributed by atoms with van der Waals surface area (Å²) in [6.45, 7) is 8.09. The minimum absolute atomic E-state index is 0.0591. The van der Waals surface area contributed by atoms with Gasteiger partial charge in [0.1, 0.15) is 5.82 Å². The highest BCUT2D eigenvalue weighted by Gasteiger charge is 2.24. The first kappa shape index (κ1) is 23.6. The maximum atomic E-state index is 13.1. The van der Waals surface area contributed by atoms with Crippen molar-refractivity contribution in [3.8, 4) is 0 Å². The SMILES string of the molecule is Cc1cc(C)c(S(=O)(=O)Nc2ccc(N3CCN(c4ccccn4)CC3)c(C(=O)O)c2)c(C)c1. The number of nitrogens with zero attached hydrogens (tertiary/aromatic N) is 3. The number of sulfonamides is 1. The predicted molar refractivity (Wildman–Crippen MR) is 134 cm³/mol. The van der Waals surface area contributed by atoms with Crippen LogP contribution in [0.2, 0.25) is 0 Å². The zero-order valence-corrected chi connectivity index (χ0v) is 20.3. The number of nitrogens with one attached hydrogen (secondary N) is 1. The number of hydrogen-bond acceptors (Lipinski definition) is 6. The van der Waals surface area contributed by atoms with Crippen molar-refractivity contribution in [1.82, 2.24) is 4.98 Å². The number of anilines is 3. The Kier molecular flexibility index (Phi) is 6.47. The molecule has 0 spiro atoms. The lowest BCUT2D eigenvalue weighted by Crippen LogP contribution is -2.47. The third-order valence-electron chi connectivity index (χ3n) is 5.95. The molecule has 3 aromatic rings. The average molecular weight is 481 g/mol. The zero-order chi connectivity index (χ0) is 24.5. The van der Waals surface area contributed by atoms with E-state index in [1.165, 1.54) is 6.07 Å². The smallest absolute Gasteiger partial charge is 0.337 e. The van der Waals surface area contributed by atoms with Gasteiger partial charge >= 0.3 is 5.97 Å². The van der Waals surface area contributed by atoms with E-state index in [0.717, 1.165) is 11.4 Å². The van der Waals surface area contributed by atoms with E-state index >= 15 is 0 Å². The highest BCUT2D eigenvalue weighted by molar-refractivity contribution is 7.92. The molecule has 1 saturated heterocycles. The average Bonchev–Trinajstić information content (AvgIpc) is 2.78. The number of rotatable bonds is 6. The molecular formula is C25H28N4O4S. The molecule has 0 atom stereocenters. The molecule has 2 heterocycles. The summed E-state index contributed by atoms with van der Waals surface area (Å²) in [5.74, 6) is -0.210.